The van der Waals surface area contributed by atoms with Gasteiger partial charge in [-0.3, -0.25) is 0 Å². The third-order valence-corrected chi connectivity index (χ3v) is 3.88. The molecule has 5 heteroatoms. The number of nitrogen functional groups attached to an aromatic ring is 1. The molecule has 0 amide bonds. The van der Waals surface area contributed by atoms with Crippen LogP contribution in [0.1, 0.15) is 15.9 Å². The topological polar surface area (TPSA) is 72.5 Å². The predicted octanol–water partition coefficient (Wildman–Crippen LogP) is 3.27. The van der Waals surface area contributed by atoms with E-state index in [1.807, 2.05) is 18.2 Å². The van der Waals surface area contributed by atoms with E-state index in [9.17, 15) is 4.79 Å². The monoisotopic (exact) mass is 289 g/mol. The van der Waals surface area contributed by atoms with Crippen molar-refractivity contribution in [2.45, 2.75) is 10.6 Å². The first-order valence-corrected chi connectivity index (χ1v) is 6.97. The Morgan fingerprint density at radius 2 is 2.10 bits per heavy atom. The fourth-order valence-corrected chi connectivity index (χ4v) is 2.71. The van der Waals surface area contributed by atoms with Crippen molar-refractivity contribution in [1.82, 2.24) is 0 Å². The molecule has 20 heavy (non-hydrogen) atoms. The van der Waals surface area contributed by atoms with Crippen LogP contribution in [0.5, 0.6) is 5.75 Å². The first-order chi connectivity index (χ1) is 9.60. The molecular weight excluding hydrogens is 274 g/mol. The Morgan fingerprint density at radius 3 is 2.80 bits per heavy atom. The van der Waals surface area contributed by atoms with Gasteiger partial charge in [-0.25, -0.2) is 4.79 Å². The Balaban J connectivity index is 2.12. The Labute approximate surface area is 121 Å². The van der Waals surface area contributed by atoms with Crippen LogP contribution in [-0.4, -0.2) is 18.2 Å². The zero-order chi connectivity index (χ0) is 14.5. The van der Waals surface area contributed by atoms with Gasteiger partial charge in [0.2, 0.25) is 0 Å². The Bertz CT molecular complexity index is 628. The highest BCUT2D eigenvalue weighted by molar-refractivity contribution is 7.98. The lowest BCUT2D eigenvalue weighted by atomic mass is 10.1. The van der Waals surface area contributed by atoms with Gasteiger partial charge in [-0.2, -0.15) is 0 Å². The molecule has 104 valence electrons. The van der Waals surface area contributed by atoms with Gasteiger partial charge in [0.25, 0.3) is 0 Å². The Hall–Kier alpha value is -2.14. The van der Waals surface area contributed by atoms with E-state index >= 15 is 0 Å². The van der Waals surface area contributed by atoms with E-state index in [1.165, 1.54) is 0 Å². The zero-order valence-electron chi connectivity index (χ0n) is 11.0. The number of carboxylic acid groups (broad SMARTS) is 1. The number of rotatable bonds is 5. The lowest BCUT2D eigenvalue weighted by molar-refractivity contribution is 0.0697. The highest BCUT2D eigenvalue weighted by Crippen LogP contribution is 2.33. The van der Waals surface area contributed by atoms with Crippen molar-refractivity contribution in [1.29, 1.82) is 0 Å². The summed E-state index contributed by atoms with van der Waals surface area (Å²) < 4.78 is 5.28. The maximum atomic E-state index is 10.9. The Morgan fingerprint density at radius 1 is 1.30 bits per heavy atom. The summed E-state index contributed by atoms with van der Waals surface area (Å²) in [4.78, 5) is 11.9. The fraction of sp³-hybridized carbons (Fsp3) is 0.133. The minimum Gasteiger partial charge on any atom is -0.496 e. The summed E-state index contributed by atoms with van der Waals surface area (Å²) in [7, 11) is 1.60. The van der Waals surface area contributed by atoms with Crippen molar-refractivity contribution in [3.63, 3.8) is 0 Å². The summed E-state index contributed by atoms with van der Waals surface area (Å²) in [5.41, 5.74) is 7.61. The quantitative estimate of drug-likeness (QED) is 0.653. The van der Waals surface area contributed by atoms with Crippen molar-refractivity contribution in [2.75, 3.05) is 12.8 Å². The summed E-state index contributed by atoms with van der Waals surface area (Å²) >= 11 is 1.58. The molecule has 0 radical (unpaired) electrons. The van der Waals surface area contributed by atoms with E-state index in [-0.39, 0.29) is 0 Å². The van der Waals surface area contributed by atoms with Gasteiger partial charge in [-0.15, -0.1) is 11.8 Å². The number of carboxylic acids is 1. The summed E-state index contributed by atoms with van der Waals surface area (Å²) in [5.74, 6) is 0.479. The number of methoxy groups -OCH3 is 1. The molecule has 0 saturated heterocycles. The van der Waals surface area contributed by atoms with Crippen LogP contribution < -0.4 is 10.5 Å². The first-order valence-electron chi connectivity index (χ1n) is 5.98. The predicted molar refractivity (Wildman–Crippen MR) is 80.4 cm³/mol. The molecule has 0 saturated carbocycles. The lowest BCUT2D eigenvalue weighted by Crippen LogP contribution is -1.96. The number of ether oxygens (including phenoxy) is 1. The normalized spacial score (nSPS) is 10.2. The number of nitrogens with two attached hydrogens (primary N) is 1. The van der Waals surface area contributed by atoms with E-state index in [0.29, 0.717) is 17.0 Å². The minimum absolute atomic E-state index is 0.298. The number of hydrogen-bond acceptors (Lipinski definition) is 4. The van der Waals surface area contributed by atoms with Crippen molar-refractivity contribution in [2.24, 2.45) is 0 Å². The van der Waals surface area contributed by atoms with Gasteiger partial charge < -0.3 is 15.6 Å². The van der Waals surface area contributed by atoms with Gasteiger partial charge in [0, 0.05) is 22.4 Å². The molecule has 0 unspecified atom stereocenters. The molecule has 4 nitrogen and oxygen atoms in total. The maximum Gasteiger partial charge on any atom is 0.335 e. The van der Waals surface area contributed by atoms with Crippen molar-refractivity contribution >= 4 is 23.4 Å². The SMILES string of the molecule is COc1cc(N)ccc1SCc1cccc(C(=O)O)c1. The van der Waals surface area contributed by atoms with Gasteiger partial charge >= 0.3 is 5.97 Å². The van der Waals surface area contributed by atoms with Gasteiger partial charge in [-0.1, -0.05) is 12.1 Å². The number of carbonyl (C=O) groups is 1. The molecule has 3 N–H and O–H groups in total. The van der Waals surface area contributed by atoms with Crippen LogP contribution >= 0.6 is 11.8 Å². The average molecular weight is 289 g/mol. The van der Waals surface area contributed by atoms with E-state index in [1.54, 1.807) is 43.1 Å². The zero-order valence-corrected chi connectivity index (χ0v) is 11.8. The largest absolute Gasteiger partial charge is 0.496 e. The average Bonchev–Trinajstić information content (AvgIpc) is 2.46. The van der Waals surface area contributed by atoms with E-state index < -0.39 is 5.97 Å². The van der Waals surface area contributed by atoms with Crippen molar-refractivity contribution in [3.8, 4) is 5.75 Å². The van der Waals surface area contributed by atoms with E-state index in [2.05, 4.69) is 0 Å². The molecule has 0 heterocycles. The first kappa shape index (κ1) is 14.3. The summed E-state index contributed by atoms with van der Waals surface area (Å²) in [6, 6.07) is 12.4. The van der Waals surface area contributed by atoms with Crippen LogP contribution in [0, 0.1) is 0 Å². The molecule has 0 aromatic heterocycles. The molecule has 0 atom stereocenters. The molecule has 2 aromatic rings. The molecular formula is C15H15NO3S. The van der Waals surface area contributed by atoms with Gasteiger partial charge in [0.1, 0.15) is 5.75 Å². The molecule has 0 aliphatic carbocycles. The second kappa shape index (κ2) is 6.34. The third kappa shape index (κ3) is 3.45. The fourth-order valence-electron chi connectivity index (χ4n) is 1.76. The number of benzene rings is 2. The van der Waals surface area contributed by atoms with Crippen LogP contribution in [0.4, 0.5) is 5.69 Å². The smallest absolute Gasteiger partial charge is 0.335 e. The van der Waals surface area contributed by atoms with E-state index in [4.69, 9.17) is 15.6 Å². The molecule has 0 spiro atoms. The highest BCUT2D eigenvalue weighted by Gasteiger charge is 2.07. The standard InChI is InChI=1S/C15H15NO3S/c1-19-13-8-12(16)5-6-14(13)20-9-10-3-2-4-11(7-10)15(17)18/h2-8H,9,16H2,1H3,(H,17,18). The third-order valence-electron chi connectivity index (χ3n) is 2.76. The second-order valence-electron chi connectivity index (χ2n) is 4.20. The Kier molecular flexibility index (Phi) is 4.53. The lowest BCUT2D eigenvalue weighted by Gasteiger charge is -2.09. The van der Waals surface area contributed by atoms with Crippen molar-refractivity contribution < 1.29 is 14.6 Å². The van der Waals surface area contributed by atoms with Crippen molar-refractivity contribution in [3.05, 3.63) is 53.6 Å². The van der Waals surface area contributed by atoms with Gasteiger partial charge in [0.15, 0.2) is 0 Å². The summed E-state index contributed by atoms with van der Waals surface area (Å²) in [5, 5.41) is 8.97. The number of anilines is 1. The molecule has 0 aliphatic rings. The molecule has 0 bridgehead atoms. The van der Waals surface area contributed by atoms with Crippen LogP contribution in [0.2, 0.25) is 0 Å². The van der Waals surface area contributed by atoms with E-state index in [0.717, 1.165) is 16.2 Å². The number of thioether (sulfide) groups is 1. The minimum atomic E-state index is -0.915. The van der Waals surface area contributed by atoms with Gasteiger partial charge in [0.05, 0.1) is 12.7 Å². The van der Waals surface area contributed by atoms with Crippen LogP contribution in [-0.2, 0) is 5.75 Å². The molecule has 2 aromatic carbocycles. The van der Waals surface area contributed by atoms with Crippen LogP contribution in [0.3, 0.4) is 0 Å². The molecule has 2 rings (SSSR count). The molecule has 0 fully saturated rings. The van der Waals surface area contributed by atoms with Crippen LogP contribution in [0.15, 0.2) is 47.4 Å². The highest BCUT2D eigenvalue weighted by atomic mass is 32.2. The van der Waals surface area contributed by atoms with Gasteiger partial charge in [-0.05, 0) is 29.8 Å². The summed E-state index contributed by atoms with van der Waals surface area (Å²) in [6.45, 7) is 0. The van der Waals surface area contributed by atoms with Crippen LogP contribution in [0.25, 0.3) is 0 Å². The molecule has 0 aliphatic heterocycles. The maximum absolute atomic E-state index is 10.9. The summed E-state index contributed by atoms with van der Waals surface area (Å²) in [6.07, 6.45) is 0. The number of hydrogen-bond donors (Lipinski definition) is 2. The number of aromatic carboxylic acids is 1. The second-order valence-corrected chi connectivity index (χ2v) is 5.22.